The van der Waals surface area contributed by atoms with Crippen LogP contribution in [-0.2, 0) is 25.5 Å². The molecule has 0 N–H and O–H groups in total. The fourth-order valence-electron chi connectivity index (χ4n) is 4.79. The summed E-state index contributed by atoms with van der Waals surface area (Å²) in [6.07, 6.45) is -2.06. The molecule has 6 atom stereocenters. The average Bonchev–Trinajstić information content (AvgIpc) is 3.22. The van der Waals surface area contributed by atoms with E-state index in [-0.39, 0.29) is 23.7 Å². The Morgan fingerprint density at radius 1 is 0.824 bits per heavy atom. The molecule has 6 nitrogen and oxygen atoms in total. The maximum atomic E-state index is 13.1. The molecule has 3 aliphatic rings. The largest absolute Gasteiger partial charge is 0.441 e. The van der Waals surface area contributed by atoms with E-state index < -0.39 is 18.5 Å². The van der Waals surface area contributed by atoms with Crippen LogP contribution in [0.5, 0.6) is 0 Å². The third kappa shape index (κ3) is 4.20. The van der Waals surface area contributed by atoms with Gasteiger partial charge in [-0.25, -0.2) is 4.79 Å². The third-order valence-electron chi connectivity index (χ3n) is 6.40. The van der Waals surface area contributed by atoms with Crippen LogP contribution in [0.3, 0.4) is 0 Å². The maximum Gasteiger partial charge on any atom is 0.411 e. The van der Waals surface area contributed by atoms with Gasteiger partial charge in [-0.2, -0.15) is 0 Å². The first-order valence-corrected chi connectivity index (χ1v) is 12.3. The molecule has 0 saturated carbocycles. The van der Waals surface area contributed by atoms with Crippen molar-refractivity contribution in [2.24, 2.45) is 0 Å². The molecule has 3 aromatic rings. The van der Waals surface area contributed by atoms with Crippen LogP contribution >= 0.6 is 11.8 Å². The molecule has 0 radical (unpaired) electrons. The minimum absolute atomic E-state index is 0.298. The zero-order chi connectivity index (χ0) is 22.9. The Morgan fingerprint density at radius 2 is 1.50 bits per heavy atom. The van der Waals surface area contributed by atoms with Crippen molar-refractivity contribution >= 4 is 17.9 Å². The molecule has 3 aromatic carbocycles. The number of amides is 1. The predicted octanol–water partition coefficient (Wildman–Crippen LogP) is 5.01. The van der Waals surface area contributed by atoms with E-state index in [2.05, 4.69) is 0 Å². The van der Waals surface area contributed by atoms with E-state index >= 15 is 0 Å². The van der Waals surface area contributed by atoms with Crippen molar-refractivity contribution in [2.75, 3.05) is 6.61 Å². The summed E-state index contributed by atoms with van der Waals surface area (Å²) in [6.45, 7) is 0.821. The SMILES string of the molecule is O=C1O[C@H]2[C@@H]3O[C@H](c4ccccc4)OC[C@H]3O[C@@H](Sc3ccccc3)[C@@H]2N1Cc1ccccc1. The number of hydrogen-bond donors (Lipinski definition) is 0. The van der Waals surface area contributed by atoms with E-state index in [9.17, 15) is 4.79 Å². The first kappa shape index (κ1) is 21.7. The Labute approximate surface area is 202 Å². The number of rotatable bonds is 5. The van der Waals surface area contributed by atoms with Gasteiger partial charge in [0, 0.05) is 17.0 Å². The van der Waals surface area contributed by atoms with Crippen LogP contribution < -0.4 is 0 Å². The fraction of sp³-hybridized carbons (Fsp3) is 0.296. The van der Waals surface area contributed by atoms with Crippen molar-refractivity contribution in [3.8, 4) is 0 Å². The molecule has 3 fully saturated rings. The van der Waals surface area contributed by atoms with Gasteiger partial charge >= 0.3 is 6.09 Å². The molecular formula is C27H25NO5S. The van der Waals surface area contributed by atoms with Crippen molar-refractivity contribution in [1.29, 1.82) is 0 Å². The molecule has 6 rings (SSSR count). The lowest BCUT2D eigenvalue weighted by Crippen LogP contribution is -2.62. The highest BCUT2D eigenvalue weighted by atomic mass is 32.2. The Morgan fingerprint density at radius 3 is 2.24 bits per heavy atom. The Hall–Kier alpha value is -2.84. The fourth-order valence-corrected chi connectivity index (χ4v) is 6.01. The number of thioether (sulfide) groups is 1. The zero-order valence-corrected chi connectivity index (χ0v) is 19.3. The highest BCUT2D eigenvalue weighted by Gasteiger charge is 2.58. The number of hydrogen-bond acceptors (Lipinski definition) is 6. The van der Waals surface area contributed by atoms with Gasteiger partial charge in [-0.1, -0.05) is 90.6 Å². The van der Waals surface area contributed by atoms with Gasteiger partial charge in [-0.05, 0) is 17.7 Å². The van der Waals surface area contributed by atoms with Crippen molar-refractivity contribution in [1.82, 2.24) is 4.90 Å². The van der Waals surface area contributed by atoms with Gasteiger partial charge < -0.3 is 18.9 Å². The summed E-state index contributed by atoms with van der Waals surface area (Å²) in [4.78, 5) is 16.0. The monoisotopic (exact) mass is 475 g/mol. The smallest absolute Gasteiger partial charge is 0.411 e. The molecule has 0 aliphatic carbocycles. The molecule has 3 saturated heterocycles. The average molecular weight is 476 g/mol. The molecule has 174 valence electrons. The van der Waals surface area contributed by atoms with Crippen LogP contribution in [0.1, 0.15) is 17.4 Å². The van der Waals surface area contributed by atoms with E-state index in [0.717, 1.165) is 16.0 Å². The minimum atomic E-state index is -0.521. The Bertz CT molecular complexity index is 1120. The Balaban J connectivity index is 1.30. The zero-order valence-electron chi connectivity index (χ0n) is 18.4. The van der Waals surface area contributed by atoms with Gasteiger partial charge in [0.05, 0.1) is 6.61 Å². The van der Waals surface area contributed by atoms with Crippen LogP contribution in [-0.4, -0.2) is 47.4 Å². The summed E-state index contributed by atoms with van der Waals surface area (Å²) in [5.74, 6) is 0. The second kappa shape index (κ2) is 9.43. The highest BCUT2D eigenvalue weighted by molar-refractivity contribution is 7.99. The number of benzene rings is 3. The predicted molar refractivity (Wildman–Crippen MR) is 127 cm³/mol. The second-order valence-corrected chi connectivity index (χ2v) is 9.77. The van der Waals surface area contributed by atoms with Gasteiger partial charge in [-0.15, -0.1) is 0 Å². The van der Waals surface area contributed by atoms with Gasteiger partial charge in [0.15, 0.2) is 12.4 Å². The van der Waals surface area contributed by atoms with Crippen molar-refractivity contribution in [3.63, 3.8) is 0 Å². The maximum absolute atomic E-state index is 13.1. The van der Waals surface area contributed by atoms with Gasteiger partial charge in [0.2, 0.25) is 0 Å². The lowest BCUT2D eigenvalue weighted by Gasteiger charge is -2.47. The van der Waals surface area contributed by atoms with Gasteiger partial charge in [0.25, 0.3) is 0 Å². The summed E-state index contributed by atoms with van der Waals surface area (Å²) in [6, 6.07) is 29.6. The van der Waals surface area contributed by atoms with E-state index in [1.54, 1.807) is 16.7 Å². The first-order chi connectivity index (χ1) is 16.8. The molecular weight excluding hydrogens is 450 g/mol. The van der Waals surface area contributed by atoms with Crippen molar-refractivity contribution in [2.45, 2.75) is 47.5 Å². The van der Waals surface area contributed by atoms with Crippen molar-refractivity contribution in [3.05, 3.63) is 102 Å². The van der Waals surface area contributed by atoms with E-state index in [1.807, 2.05) is 91.0 Å². The number of nitrogens with zero attached hydrogens (tertiary/aromatic N) is 1. The molecule has 0 spiro atoms. The van der Waals surface area contributed by atoms with Crippen LogP contribution in [0.4, 0.5) is 4.79 Å². The third-order valence-corrected chi connectivity index (χ3v) is 7.57. The number of carbonyl (C=O) groups excluding carboxylic acids is 1. The summed E-state index contributed by atoms with van der Waals surface area (Å²) in [5.41, 5.74) is 1.66. The van der Waals surface area contributed by atoms with Crippen LogP contribution in [0.2, 0.25) is 0 Å². The van der Waals surface area contributed by atoms with Crippen LogP contribution in [0.25, 0.3) is 0 Å². The lowest BCUT2D eigenvalue weighted by atomic mass is 9.96. The molecule has 7 heteroatoms. The lowest BCUT2D eigenvalue weighted by molar-refractivity contribution is -0.303. The summed E-state index contributed by atoms with van der Waals surface area (Å²) >= 11 is 1.60. The van der Waals surface area contributed by atoms with Crippen LogP contribution in [0, 0.1) is 0 Å². The van der Waals surface area contributed by atoms with Gasteiger partial charge in [-0.3, -0.25) is 4.90 Å². The van der Waals surface area contributed by atoms with Crippen LogP contribution in [0.15, 0.2) is 95.9 Å². The molecule has 3 heterocycles. The van der Waals surface area contributed by atoms with E-state index in [4.69, 9.17) is 18.9 Å². The summed E-state index contributed by atoms with van der Waals surface area (Å²) in [5, 5.41) is 0. The quantitative estimate of drug-likeness (QED) is 0.517. The Kier molecular flexibility index (Phi) is 6.01. The molecule has 0 unspecified atom stereocenters. The molecule has 0 aromatic heterocycles. The topological polar surface area (TPSA) is 57.2 Å². The van der Waals surface area contributed by atoms with E-state index in [1.165, 1.54) is 0 Å². The number of ether oxygens (including phenoxy) is 4. The molecule has 3 aliphatic heterocycles. The minimum Gasteiger partial charge on any atom is -0.441 e. The summed E-state index contributed by atoms with van der Waals surface area (Å²) < 4.78 is 24.9. The second-order valence-electron chi connectivity index (χ2n) is 8.60. The summed E-state index contributed by atoms with van der Waals surface area (Å²) in [7, 11) is 0. The van der Waals surface area contributed by atoms with Crippen molar-refractivity contribution < 1.29 is 23.7 Å². The van der Waals surface area contributed by atoms with Gasteiger partial charge in [0.1, 0.15) is 23.7 Å². The number of carbonyl (C=O) groups is 1. The number of fused-ring (bicyclic) bond motifs is 3. The molecule has 0 bridgehead atoms. The highest BCUT2D eigenvalue weighted by Crippen LogP contribution is 2.44. The molecule has 1 amide bonds. The van der Waals surface area contributed by atoms with E-state index in [0.29, 0.717) is 13.2 Å². The normalized spacial score (nSPS) is 30.4. The molecule has 34 heavy (non-hydrogen) atoms. The standard InChI is InChI=1S/C27H25NO5S/c29-27-28(16-18-10-4-1-5-11-18)22-24(33-27)23-21(31-26(22)34-20-14-8-3-9-15-20)17-30-25(32-23)19-12-6-2-7-13-19/h1-15,21-26H,16-17H2/t21-,22-,23-,24-,25-,26+/m1/s1. The first-order valence-electron chi connectivity index (χ1n) is 11.5.